The Morgan fingerprint density at radius 2 is 2.50 bits per heavy atom. The highest BCUT2D eigenvalue weighted by molar-refractivity contribution is 9.11. The number of halogens is 1. The van der Waals surface area contributed by atoms with Crippen LogP contribution in [0.25, 0.3) is 0 Å². The van der Waals surface area contributed by atoms with E-state index < -0.39 is 0 Å². The van der Waals surface area contributed by atoms with Crippen molar-refractivity contribution in [1.82, 2.24) is 0 Å². The van der Waals surface area contributed by atoms with Gasteiger partial charge in [0.1, 0.15) is 0 Å². The molecule has 0 aromatic carbocycles. The molecule has 0 fully saturated rings. The molecule has 2 rings (SSSR count). The van der Waals surface area contributed by atoms with Crippen molar-refractivity contribution in [3.05, 3.63) is 15.4 Å². The molecule has 0 saturated carbocycles. The van der Waals surface area contributed by atoms with Gasteiger partial charge in [0.15, 0.2) is 0 Å². The lowest BCUT2D eigenvalue weighted by atomic mass is 10.1. The Morgan fingerprint density at radius 3 is 3.30 bits per heavy atom. The predicted octanol–water partition coefficient (Wildman–Crippen LogP) is 2.87. The van der Waals surface area contributed by atoms with Gasteiger partial charge in [0, 0.05) is 6.54 Å². The molecule has 0 atom stereocenters. The fraction of sp³-hybridized carbons (Fsp3) is 0.429. The molecule has 1 aromatic rings. The third-order valence-electron chi connectivity index (χ3n) is 1.69. The summed E-state index contributed by atoms with van der Waals surface area (Å²) in [5, 5.41) is 4.73. The quantitative estimate of drug-likeness (QED) is 0.705. The molecule has 1 aromatic heterocycles. The first-order valence-corrected chi connectivity index (χ1v) is 4.99. The number of rotatable bonds is 0. The van der Waals surface area contributed by atoms with E-state index in [0.717, 1.165) is 6.54 Å². The second kappa shape index (κ2) is 2.55. The molecule has 0 spiro atoms. The number of anilines is 1. The molecule has 54 valence electrons. The molecule has 3 heteroatoms. The van der Waals surface area contributed by atoms with Gasteiger partial charge >= 0.3 is 0 Å². The molecular formula is C7H8BrNS. The van der Waals surface area contributed by atoms with Crippen molar-refractivity contribution in [2.75, 3.05) is 11.9 Å². The summed E-state index contributed by atoms with van der Waals surface area (Å²) >= 11 is 5.27. The minimum absolute atomic E-state index is 1.14. The van der Waals surface area contributed by atoms with Crippen molar-refractivity contribution in [3.63, 3.8) is 0 Å². The molecule has 1 nitrogen and oxygen atoms in total. The minimum atomic E-state index is 1.14. The molecule has 0 amide bonds. The SMILES string of the molecule is Brc1cc2c(s1)NCCC2. The fourth-order valence-electron chi connectivity index (χ4n) is 1.21. The largest absolute Gasteiger partial charge is 0.377 e. The monoisotopic (exact) mass is 217 g/mol. The van der Waals surface area contributed by atoms with Crippen LogP contribution < -0.4 is 5.32 Å². The van der Waals surface area contributed by atoms with E-state index in [0.29, 0.717) is 0 Å². The van der Waals surface area contributed by atoms with E-state index in [1.54, 1.807) is 11.3 Å². The average Bonchev–Trinajstić information content (AvgIpc) is 2.27. The van der Waals surface area contributed by atoms with Crippen molar-refractivity contribution >= 4 is 32.3 Å². The highest BCUT2D eigenvalue weighted by Gasteiger charge is 2.10. The van der Waals surface area contributed by atoms with E-state index >= 15 is 0 Å². The van der Waals surface area contributed by atoms with Crippen molar-refractivity contribution in [3.8, 4) is 0 Å². The molecule has 0 bridgehead atoms. The highest BCUT2D eigenvalue weighted by Crippen LogP contribution is 2.34. The van der Waals surface area contributed by atoms with E-state index in [4.69, 9.17) is 0 Å². The molecule has 0 saturated heterocycles. The molecule has 1 aliphatic rings. The second-order valence-electron chi connectivity index (χ2n) is 2.44. The van der Waals surface area contributed by atoms with Crippen LogP contribution in [0.2, 0.25) is 0 Å². The summed E-state index contributed by atoms with van der Waals surface area (Å²) in [6, 6.07) is 2.21. The Labute approximate surface area is 72.6 Å². The van der Waals surface area contributed by atoms with Gasteiger partial charge in [-0.05, 0) is 40.4 Å². The topological polar surface area (TPSA) is 12.0 Å². The summed E-state index contributed by atoms with van der Waals surface area (Å²) in [4.78, 5) is 0. The van der Waals surface area contributed by atoms with Gasteiger partial charge in [0.2, 0.25) is 0 Å². The summed E-state index contributed by atoms with van der Waals surface area (Å²) in [5.74, 6) is 0. The van der Waals surface area contributed by atoms with Crippen LogP contribution in [0, 0.1) is 0 Å². The Morgan fingerprint density at radius 1 is 1.60 bits per heavy atom. The first kappa shape index (κ1) is 6.68. The smallest absolute Gasteiger partial charge is 0.0926 e. The van der Waals surface area contributed by atoms with Gasteiger partial charge in [-0.1, -0.05) is 0 Å². The maximum atomic E-state index is 3.47. The Hall–Kier alpha value is -0.0200. The Bertz CT molecular complexity index is 220. The Balaban J connectivity index is 2.41. The van der Waals surface area contributed by atoms with Crippen LogP contribution in [0.3, 0.4) is 0 Å². The van der Waals surface area contributed by atoms with Crippen molar-refractivity contribution in [2.24, 2.45) is 0 Å². The molecule has 0 radical (unpaired) electrons. The van der Waals surface area contributed by atoms with Crippen LogP contribution in [0.1, 0.15) is 12.0 Å². The number of hydrogen-bond donors (Lipinski definition) is 1. The second-order valence-corrected chi connectivity index (χ2v) is 4.87. The maximum Gasteiger partial charge on any atom is 0.0926 e. The molecule has 1 aliphatic heterocycles. The number of hydrogen-bond acceptors (Lipinski definition) is 2. The molecule has 10 heavy (non-hydrogen) atoms. The number of nitrogens with one attached hydrogen (secondary N) is 1. The first-order chi connectivity index (χ1) is 4.86. The van der Waals surface area contributed by atoms with Gasteiger partial charge in [-0.25, -0.2) is 0 Å². The van der Waals surface area contributed by atoms with E-state index in [2.05, 4.69) is 27.3 Å². The number of aryl methyl sites for hydroxylation is 1. The number of thiophene rings is 1. The fourth-order valence-corrected chi connectivity index (χ4v) is 2.84. The summed E-state index contributed by atoms with van der Waals surface area (Å²) in [6.45, 7) is 1.14. The summed E-state index contributed by atoms with van der Waals surface area (Å²) in [6.07, 6.45) is 2.51. The summed E-state index contributed by atoms with van der Waals surface area (Å²) in [7, 11) is 0. The molecule has 0 unspecified atom stereocenters. The van der Waals surface area contributed by atoms with Gasteiger partial charge in [0.25, 0.3) is 0 Å². The van der Waals surface area contributed by atoms with Gasteiger partial charge in [-0.15, -0.1) is 11.3 Å². The maximum absolute atomic E-state index is 3.47. The zero-order valence-electron chi connectivity index (χ0n) is 5.48. The van der Waals surface area contributed by atoms with Gasteiger partial charge in [-0.2, -0.15) is 0 Å². The van der Waals surface area contributed by atoms with Crippen molar-refractivity contribution in [1.29, 1.82) is 0 Å². The van der Waals surface area contributed by atoms with Crippen LogP contribution in [-0.4, -0.2) is 6.54 Å². The van der Waals surface area contributed by atoms with Crippen molar-refractivity contribution < 1.29 is 0 Å². The zero-order valence-corrected chi connectivity index (χ0v) is 7.89. The molecule has 2 heterocycles. The standard InChI is InChI=1S/C7H8BrNS/c8-6-4-5-2-1-3-9-7(5)10-6/h4,9H,1-3H2. The summed E-state index contributed by atoms with van der Waals surface area (Å²) < 4.78 is 1.24. The molecule has 1 N–H and O–H groups in total. The summed E-state index contributed by atoms with van der Waals surface area (Å²) in [5.41, 5.74) is 1.48. The van der Waals surface area contributed by atoms with Crippen LogP contribution in [-0.2, 0) is 6.42 Å². The lowest BCUT2D eigenvalue weighted by molar-refractivity contribution is 0.838. The van der Waals surface area contributed by atoms with Crippen LogP contribution >= 0.6 is 27.3 Å². The average molecular weight is 218 g/mol. The van der Waals surface area contributed by atoms with E-state index in [1.165, 1.54) is 27.2 Å². The zero-order chi connectivity index (χ0) is 6.97. The van der Waals surface area contributed by atoms with Crippen LogP contribution in [0.4, 0.5) is 5.00 Å². The van der Waals surface area contributed by atoms with Gasteiger partial charge < -0.3 is 5.32 Å². The van der Waals surface area contributed by atoms with Crippen molar-refractivity contribution in [2.45, 2.75) is 12.8 Å². The highest BCUT2D eigenvalue weighted by atomic mass is 79.9. The lowest BCUT2D eigenvalue weighted by Gasteiger charge is -2.11. The van der Waals surface area contributed by atoms with E-state index in [-0.39, 0.29) is 0 Å². The van der Waals surface area contributed by atoms with E-state index in [9.17, 15) is 0 Å². The third-order valence-corrected chi connectivity index (χ3v) is 3.33. The normalized spacial score (nSPS) is 16.1. The molecule has 0 aliphatic carbocycles. The lowest BCUT2D eigenvalue weighted by Crippen LogP contribution is -2.08. The number of fused-ring (bicyclic) bond motifs is 1. The Kier molecular flexibility index (Phi) is 1.70. The first-order valence-electron chi connectivity index (χ1n) is 3.38. The van der Waals surface area contributed by atoms with Crippen LogP contribution in [0.15, 0.2) is 9.85 Å². The van der Waals surface area contributed by atoms with E-state index in [1.807, 2.05) is 0 Å². The predicted molar refractivity (Wildman–Crippen MR) is 48.8 cm³/mol. The minimum Gasteiger partial charge on any atom is -0.377 e. The molecular weight excluding hydrogens is 210 g/mol. The van der Waals surface area contributed by atoms with Gasteiger partial charge in [0.05, 0.1) is 8.79 Å². The van der Waals surface area contributed by atoms with Crippen LogP contribution in [0.5, 0.6) is 0 Å². The van der Waals surface area contributed by atoms with Gasteiger partial charge in [-0.3, -0.25) is 0 Å². The third kappa shape index (κ3) is 1.08.